The van der Waals surface area contributed by atoms with E-state index in [9.17, 15) is 0 Å². The fourth-order valence-corrected chi connectivity index (χ4v) is 1.59. The second kappa shape index (κ2) is 4.82. The first-order valence-electron chi connectivity index (χ1n) is 5.48. The van der Waals surface area contributed by atoms with Gasteiger partial charge in [0.2, 0.25) is 0 Å². The van der Waals surface area contributed by atoms with E-state index in [1.54, 1.807) is 6.07 Å². The number of nitrogens with two attached hydrogens (primary N) is 1. The maximum atomic E-state index is 5.76. The normalized spacial score (nSPS) is 12.1. The van der Waals surface area contributed by atoms with Crippen LogP contribution in [0.15, 0.2) is 36.4 Å². The van der Waals surface area contributed by atoms with Crippen molar-refractivity contribution in [2.75, 3.05) is 5.73 Å². The standard InChI is InChI=1S/C13H15N3O/c1-9(17-11-6-4-3-5-7-11)12-8-13(14)16-10(2)15-12/h3-9H,1-2H3,(H2,14,15,16)/t9-/m1/s1. The van der Waals surface area contributed by atoms with Crippen LogP contribution in [0.25, 0.3) is 0 Å². The number of hydrogen-bond donors (Lipinski definition) is 1. The summed E-state index contributed by atoms with van der Waals surface area (Å²) in [6.07, 6.45) is -0.151. The molecule has 0 aliphatic carbocycles. The maximum absolute atomic E-state index is 5.76. The molecule has 0 amide bonds. The Balaban J connectivity index is 2.17. The quantitative estimate of drug-likeness (QED) is 0.878. The van der Waals surface area contributed by atoms with Crippen LogP contribution in [0.1, 0.15) is 24.5 Å². The Labute approximate surface area is 100 Å². The van der Waals surface area contributed by atoms with Crippen molar-refractivity contribution >= 4 is 5.82 Å². The fraction of sp³-hybridized carbons (Fsp3) is 0.231. The van der Waals surface area contributed by atoms with Crippen LogP contribution in [0.2, 0.25) is 0 Å². The molecule has 1 aromatic heterocycles. The molecule has 0 radical (unpaired) electrons. The van der Waals surface area contributed by atoms with Gasteiger partial charge < -0.3 is 10.5 Å². The van der Waals surface area contributed by atoms with Crippen LogP contribution in [0.5, 0.6) is 5.75 Å². The van der Waals surface area contributed by atoms with Gasteiger partial charge >= 0.3 is 0 Å². The summed E-state index contributed by atoms with van der Waals surface area (Å²) >= 11 is 0. The number of ether oxygens (including phenoxy) is 1. The zero-order valence-corrected chi connectivity index (χ0v) is 9.92. The second-order valence-electron chi connectivity index (χ2n) is 3.84. The number of nitrogen functional groups attached to an aromatic ring is 1. The molecule has 4 nitrogen and oxygen atoms in total. The van der Waals surface area contributed by atoms with E-state index < -0.39 is 0 Å². The van der Waals surface area contributed by atoms with Gasteiger partial charge in [-0.3, -0.25) is 0 Å². The number of rotatable bonds is 3. The Morgan fingerprint density at radius 2 is 1.88 bits per heavy atom. The first-order valence-corrected chi connectivity index (χ1v) is 5.48. The predicted molar refractivity (Wildman–Crippen MR) is 66.7 cm³/mol. The molecule has 2 rings (SSSR count). The van der Waals surface area contributed by atoms with Gasteiger partial charge in [0.15, 0.2) is 0 Å². The molecule has 88 valence electrons. The van der Waals surface area contributed by atoms with E-state index in [-0.39, 0.29) is 6.10 Å². The maximum Gasteiger partial charge on any atom is 0.138 e. The Bertz CT molecular complexity index is 479. The van der Waals surface area contributed by atoms with Crippen LogP contribution in [0.3, 0.4) is 0 Å². The number of aromatic nitrogens is 2. The lowest BCUT2D eigenvalue weighted by Gasteiger charge is -2.14. The molecule has 0 fully saturated rings. The Kier molecular flexibility index (Phi) is 3.23. The zero-order chi connectivity index (χ0) is 12.3. The summed E-state index contributed by atoms with van der Waals surface area (Å²) in [7, 11) is 0. The molecule has 1 heterocycles. The van der Waals surface area contributed by atoms with Gasteiger partial charge in [0.05, 0.1) is 5.69 Å². The molecule has 0 spiro atoms. The van der Waals surface area contributed by atoms with Crippen molar-refractivity contribution in [2.24, 2.45) is 0 Å². The van der Waals surface area contributed by atoms with E-state index in [0.29, 0.717) is 11.6 Å². The van der Waals surface area contributed by atoms with Crippen molar-refractivity contribution in [3.63, 3.8) is 0 Å². The summed E-state index contributed by atoms with van der Waals surface area (Å²) in [6.45, 7) is 3.75. The number of aryl methyl sites for hydroxylation is 1. The van der Waals surface area contributed by atoms with Crippen LogP contribution in [0.4, 0.5) is 5.82 Å². The number of para-hydroxylation sites is 1. The monoisotopic (exact) mass is 229 g/mol. The smallest absolute Gasteiger partial charge is 0.138 e. The third kappa shape index (κ3) is 2.93. The average molecular weight is 229 g/mol. The highest BCUT2D eigenvalue weighted by molar-refractivity contribution is 5.31. The van der Waals surface area contributed by atoms with Gasteiger partial charge in [-0.25, -0.2) is 9.97 Å². The van der Waals surface area contributed by atoms with Gasteiger partial charge in [0.1, 0.15) is 23.5 Å². The molecule has 2 N–H and O–H groups in total. The van der Waals surface area contributed by atoms with Gasteiger partial charge in [-0.05, 0) is 26.0 Å². The largest absolute Gasteiger partial charge is 0.484 e. The third-order valence-electron chi connectivity index (χ3n) is 2.35. The van der Waals surface area contributed by atoms with Crippen LogP contribution < -0.4 is 10.5 Å². The van der Waals surface area contributed by atoms with Crippen LogP contribution in [0, 0.1) is 6.92 Å². The molecular formula is C13H15N3O. The zero-order valence-electron chi connectivity index (χ0n) is 9.92. The lowest BCUT2D eigenvalue weighted by molar-refractivity contribution is 0.221. The van der Waals surface area contributed by atoms with Crippen molar-refractivity contribution in [3.05, 3.63) is 47.9 Å². The minimum absolute atomic E-state index is 0.151. The van der Waals surface area contributed by atoms with Crippen LogP contribution >= 0.6 is 0 Å². The molecule has 1 aromatic carbocycles. The summed E-state index contributed by atoms with van der Waals surface area (Å²) in [5, 5.41) is 0. The lowest BCUT2D eigenvalue weighted by atomic mass is 10.2. The summed E-state index contributed by atoms with van der Waals surface area (Å²) < 4.78 is 5.76. The molecule has 0 saturated carbocycles. The second-order valence-corrected chi connectivity index (χ2v) is 3.84. The molecule has 17 heavy (non-hydrogen) atoms. The first-order chi connectivity index (χ1) is 8.15. The van der Waals surface area contributed by atoms with E-state index in [0.717, 1.165) is 11.4 Å². The Morgan fingerprint density at radius 3 is 2.53 bits per heavy atom. The van der Waals surface area contributed by atoms with Gasteiger partial charge in [-0.1, -0.05) is 18.2 Å². The van der Waals surface area contributed by atoms with E-state index in [4.69, 9.17) is 10.5 Å². The summed E-state index contributed by atoms with van der Waals surface area (Å²) in [4.78, 5) is 8.35. The van der Waals surface area contributed by atoms with Crippen molar-refractivity contribution in [2.45, 2.75) is 20.0 Å². The SMILES string of the molecule is Cc1nc(N)cc([C@@H](C)Oc2ccccc2)n1. The van der Waals surface area contributed by atoms with Gasteiger partial charge in [0.25, 0.3) is 0 Å². The van der Waals surface area contributed by atoms with Gasteiger partial charge in [0, 0.05) is 6.07 Å². The molecule has 0 aliphatic rings. The van der Waals surface area contributed by atoms with E-state index in [1.165, 1.54) is 0 Å². The van der Waals surface area contributed by atoms with E-state index in [2.05, 4.69) is 9.97 Å². The molecule has 0 unspecified atom stereocenters. The Morgan fingerprint density at radius 1 is 1.18 bits per heavy atom. The summed E-state index contributed by atoms with van der Waals surface area (Å²) in [5.41, 5.74) is 6.47. The number of benzene rings is 1. The van der Waals surface area contributed by atoms with Crippen LogP contribution in [-0.4, -0.2) is 9.97 Å². The van der Waals surface area contributed by atoms with E-state index in [1.807, 2.05) is 44.2 Å². The number of anilines is 1. The third-order valence-corrected chi connectivity index (χ3v) is 2.35. The van der Waals surface area contributed by atoms with Gasteiger partial charge in [-0.15, -0.1) is 0 Å². The number of hydrogen-bond acceptors (Lipinski definition) is 4. The average Bonchev–Trinajstić information content (AvgIpc) is 2.29. The first kappa shape index (κ1) is 11.4. The molecule has 0 aliphatic heterocycles. The molecule has 4 heteroatoms. The fourth-order valence-electron chi connectivity index (χ4n) is 1.59. The minimum Gasteiger partial charge on any atom is -0.484 e. The molecule has 2 aromatic rings. The summed E-state index contributed by atoms with van der Waals surface area (Å²) in [6, 6.07) is 11.4. The highest BCUT2D eigenvalue weighted by Crippen LogP contribution is 2.20. The van der Waals surface area contributed by atoms with Crippen molar-refractivity contribution in [3.8, 4) is 5.75 Å². The van der Waals surface area contributed by atoms with Crippen molar-refractivity contribution < 1.29 is 4.74 Å². The number of nitrogens with zero attached hydrogens (tertiary/aromatic N) is 2. The predicted octanol–water partition coefficient (Wildman–Crippen LogP) is 2.51. The lowest BCUT2D eigenvalue weighted by Crippen LogP contribution is -2.08. The topological polar surface area (TPSA) is 61.0 Å². The van der Waals surface area contributed by atoms with Crippen molar-refractivity contribution in [1.82, 2.24) is 9.97 Å². The highest BCUT2D eigenvalue weighted by atomic mass is 16.5. The Hall–Kier alpha value is -2.10. The van der Waals surface area contributed by atoms with Crippen molar-refractivity contribution in [1.29, 1.82) is 0 Å². The molecular weight excluding hydrogens is 214 g/mol. The minimum atomic E-state index is -0.151. The molecule has 1 atom stereocenters. The van der Waals surface area contributed by atoms with Gasteiger partial charge in [-0.2, -0.15) is 0 Å². The molecule has 0 bridgehead atoms. The highest BCUT2D eigenvalue weighted by Gasteiger charge is 2.10. The molecule has 0 saturated heterocycles. The van der Waals surface area contributed by atoms with Crippen LogP contribution in [-0.2, 0) is 0 Å². The summed E-state index contributed by atoms with van der Waals surface area (Å²) in [5.74, 6) is 1.94. The van der Waals surface area contributed by atoms with E-state index >= 15 is 0 Å².